The van der Waals surface area contributed by atoms with Crippen molar-refractivity contribution < 1.29 is 9.47 Å². The van der Waals surface area contributed by atoms with E-state index in [1.807, 2.05) is 12.5 Å². The van der Waals surface area contributed by atoms with Gasteiger partial charge in [0.2, 0.25) is 0 Å². The van der Waals surface area contributed by atoms with Crippen molar-refractivity contribution in [1.82, 2.24) is 0 Å². The third-order valence-electron chi connectivity index (χ3n) is 2.20. The summed E-state index contributed by atoms with van der Waals surface area (Å²) in [6.45, 7) is 4.42. The van der Waals surface area contributed by atoms with Crippen molar-refractivity contribution in [3.8, 4) is 0 Å². The Morgan fingerprint density at radius 1 is 0.929 bits per heavy atom. The zero-order valence-corrected chi connectivity index (χ0v) is 11.8. The van der Waals surface area contributed by atoms with Gasteiger partial charge >= 0.3 is 96.1 Å². The Labute approximate surface area is 96.0 Å². The van der Waals surface area contributed by atoms with Crippen LogP contribution < -0.4 is 0 Å². The topological polar surface area (TPSA) is 18.5 Å². The van der Waals surface area contributed by atoms with Crippen LogP contribution in [0.5, 0.6) is 0 Å². The van der Waals surface area contributed by atoms with Crippen molar-refractivity contribution in [2.75, 3.05) is 0 Å². The molecule has 0 bridgehead atoms. The Bertz CT molecular complexity index is 229. The first-order valence-electron chi connectivity index (χ1n) is 4.64. The Morgan fingerprint density at radius 2 is 1.36 bits per heavy atom. The third kappa shape index (κ3) is 2.37. The van der Waals surface area contributed by atoms with Gasteiger partial charge in [-0.25, -0.2) is 0 Å². The second-order valence-electron chi connectivity index (χ2n) is 3.82. The molecule has 0 saturated carbocycles. The molecule has 2 rings (SSSR count). The van der Waals surface area contributed by atoms with E-state index in [0.29, 0.717) is 26.3 Å². The molecule has 78 valence electrons. The van der Waals surface area contributed by atoms with Crippen LogP contribution in [-0.2, 0) is 9.47 Å². The van der Waals surface area contributed by atoms with Gasteiger partial charge in [-0.1, -0.05) is 0 Å². The summed E-state index contributed by atoms with van der Waals surface area (Å²) in [5, 5.41) is 0. The molecule has 0 amide bonds. The molecular weight excluding hydrogens is 310 g/mol. The molecule has 0 spiro atoms. The van der Waals surface area contributed by atoms with E-state index in [0.717, 1.165) is 12.8 Å². The molecule has 0 fully saturated rings. The maximum absolute atomic E-state index is 5.63. The van der Waals surface area contributed by atoms with E-state index in [2.05, 4.69) is 26.0 Å². The van der Waals surface area contributed by atoms with Gasteiger partial charge in [-0.15, -0.1) is 0 Å². The maximum atomic E-state index is 5.63. The summed E-state index contributed by atoms with van der Waals surface area (Å²) in [4.78, 5) is 0. The minimum absolute atomic E-state index is 0.0992. The van der Waals surface area contributed by atoms with Gasteiger partial charge in [0.1, 0.15) is 0 Å². The molecule has 0 radical (unpaired) electrons. The molecule has 0 aromatic rings. The van der Waals surface area contributed by atoms with Gasteiger partial charge in [-0.3, -0.25) is 0 Å². The summed E-state index contributed by atoms with van der Waals surface area (Å²) in [6, 6.07) is 0. The van der Waals surface area contributed by atoms with Crippen molar-refractivity contribution >= 4 is 26.3 Å². The van der Waals surface area contributed by atoms with Crippen molar-refractivity contribution in [1.29, 1.82) is 0 Å². The van der Waals surface area contributed by atoms with Crippen molar-refractivity contribution in [2.24, 2.45) is 0 Å². The number of ether oxygens (including phenoxy) is 2. The molecule has 0 aromatic carbocycles. The Kier molecular flexibility index (Phi) is 2.99. The molecule has 0 aromatic heterocycles. The van der Waals surface area contributed by atoms with Crippen LogP contribution in [0, 0.1) is 0 Å². The molecule has 2 aliphatic rings. The monoisotopic (exact) mass is 326 g/mol. The first kappa shape index (κ1) is 10.6. The Hall–Kier alpha value is 0.119. The standard InChI is InChI=1S/C10H14O2Se2/c1-9(5-3-7-11-9)13-14-10(2)6-4-8-12-10/h3-4,7-8H,5-6H2,1-2H3. The van der Waals surface area contributed by atoms with Crippen LogP contribution in [0.2, 0.25) is 0 Å². The predicted molar refractivity (Wildman–Crippen MR) is 58.0 cm³/mol. The van der Waals surface area contributed by atoms with Gasteiger partial charge in [-0.2, -0.15) is 0 Å². The number of hydrogen-bond acceptors (Lipinski definition) is 2. The van der Waals surface area contributed by atoms with E-state index in [9.17, 15) is 0 Å². The van der Waals surface area contributed by atoms with Gasteiger partial charge in [0.15, 0.2) is 0 Å². The second kappa shape index (κ2) is 3.94. The normalized spacial score (nSPS) is 39.9. The first-order valence-corrected chi connectivity index (χ1v) is 10.7. The van der Waals surface area contributed by atoms with Crippen LogP contribution in [0.25, 0.3) is 0 Å². The van der Waals surface area contributed by atoms with E-state index >= 15 is 0 Å². The summed E-state index contributed by atoms with van der Waals surface area (Å²) in [5.41, 5.74) is 0. The molecule has 2 atom stereocenters. The van der Waals surface area contributed by atoms with Crippen molar-refractivity contribution in [2.45, 2.75) is 35.7 Å². The average Bonchev–Trinajstić information content (AvgIpc) is 2.74. The quantitative estimate of drug-likeness (QED) is 0.735. The van der Waals surface area contributed by atoms with E-state index in [4.69, 9.17) is 9.47 Å². The summed E-state index contributed by atoms with van der Waals surface area (Å²) in [6.07, 6.45) is 10.1. The van der Waals surface area contributed by atoms with Crippen molar-refractivity contribution in [3.05, 3.63) is 24.7 Å². The fraction of sp³-hybridized carbons (Fsp3) is 0.600. The Balaban J connectivity index is 1.82. The van der Waals surface area contributed by atoms with E-state index in [-0.39, 0.29) is 9.00 Å². The van der Waals surface area contributed by atoms with Gasteiger partial charge in [0.05, 0.1) is 0 Å². The first-order chi connectivity index (χ1) is 6.62. The summed E-state index contributed by atoms with van der Waals surface area (Å²) in [7, 11) is 0. The summed E-state index contributed by atoms with van der Waals surface area (Å²) < 4.78 is 11.5. The zero-order chi connectivity index (χ0) is 10.1. The van der Waals surface area contributed by atoms with Gasteiger partial charge in [0.25, 0.3) is 0 Å². The molecule has 2 heterocycles. The minimum atomic E-state index is 0.0992. The van der Waals surface area contributed by atoms with Crippen LogP contribution in [0.1, 0.15) is 26.7 Å². The van der Waals surface area contributed by atoms with Crippen LogP contribution in [-0.4, -0.2) is 35.3 Å². The van der Waals surface area contributed by atoms with Crippen LogP contribution in [0.3, 0.4) is 0 Å². The molecule has 0 N–H and O–H groups in total. The molecule has 2 aliphatic heterocycles. The predicted octanol–water partition coefficient (Wildman–Crippen LogP) is 1.61. The van der Waals surface area contributed by atoms with E-state index < -0.39 is 0 Å². The summed E-state index contributed by atoms with van der Waals surface area (Å²) in [5.74, 6) is 0. The fourth-order valence-corrected chi connectivity index (χ4v) is 9.30. The molecule has 0 aliphatic carbocycles. The Morgan fingerprint density at radius 3 is 1.64 bits per heavy atom. The second-order valence-corrected chi connectivity index (χ2v) is 11.8. The number of hydrogen-bond donors (Lipinski definition) is 0. The molecule has 2 nitrogen and oxygen atoms in total. The van der Waals surface area contributed by atoms with E-state index in [1.54, 1.807) is 0 Å². The van der Waals surface area contributed by atoms with Crippen LogP contribution >= 0.6 is 0 Å². The average molecular weight is 324 g/mol. The van der Waals surface area contributed by atoms with Gasteiger partial charge in [0, 0.05) is 0 Å². The zero-order valence-electron chi connectivity index (χ0n) is 8.36. The molecule has 14 heavy (non-hydrogen) atoms. The van der Waals surface area contributed by atoms with Gasteiger partial charge < -0.3 is 0 Å². The third-order valence-corrected chi connectivity index (χ3v) is 13.6. The molecule has 0 saturated heterocycles. The van der Waals surface area contributed by atoms with Crippen LogP contribution in [0.4, 0.5) is 0 Å². The fourth-order valence-electron chi connectivity index (χ4n) is 1.29. The molecular formula is C10H14O2Se2. The summed E-state index contributed by atoms with van der Waals surface area (Å²) >= 11 is 1.06. The van der Waals surface area contributed by atoms with E-state index in [1.165, 1.54) is 0 Å². The number of rotatable bonds is 3. The van der Waals surface area contributed by atoms with Crippen molar-refractivity contribution in [3.63, 3.8) is 0 Å². The SMILES string of the molecule is CC1([Se][Se]C2(C)CC=CO2)CC=CO1. The molecule has 4 heteroatoms. The van der Waals surface area contributed by atoms with Crippen LogP contribution in [0.15, 0.2) is 24.7 Å². The molecule has 2 unspecified atom stereocenters. The van der Waals surface area contributed by atoms with Gasteiger partial charge in [-0.05, 0) is 0 Å².